The molecule has 40 heavy (non-hydrogen) atoms. The Bertz CT molecular complexity index is 1800. The van der Waals surface area contributed by atoms with Gasteiger partial charge in [0.15, 0.2) is 6.54 Å². The number of fused-ring (bicyclic) bond motifs is 4. The normalized spacial score (nSPS) is 16.7. The maximum absolute atomic E-state index is 12.0. The van der Waals surface area contributed by atoms with Crippen LogP contribution < -0.4 is 9.47 Å². The highest BCUT2D eigenvalue weighted by Crippen LogP contribution is 2.48. The predicted octanol–water partition coefficient (Wildman–Crippen LogP) is 6.28. The first-order valence-electron chi connectivity index (χ1n) is 12.6. The molecule has 0 saturated heterocycles. The summed E-state index contributed by atoms with van der Waals surface area (Å²) in [4.78, 5) is 2.66. The summed E-state index contributed by atoms with van der Waals surface area (Å²) in [6.07, 6.45) is 4.64. The summed E-state index contributed by atoms with van der Waals surface area (Å²) in [6.45, 7) is 3.92. The highest BCUT2D eigenvalue weighted by molar-refractivity contribution is 8.03. The minimum absolute atomic E-state index is 0.192. The van der Waals surface area contributed by atoms with E-state index >= 15 is 0 Å². The van der Waals surface area contributed by atoms with Crippen LogP contribution >= 0.6 is 23.4 Å². The zero-order chi connectivity index (χ0) is 28.6. The van der Waals surface area contributed by atoms with E-state index in [2.05, 4.69) is 0 Å². The topological polar surface area (TPSA) is 115 Å². The van der Waals surface area contributed by atoms with E-state index in [-0.39, 0.29) is 12.2 Å². The number of nitrogens with zero attached hydrogens (tertiary/aromatic N) is 2. The second-order valence-corrected chi connectivity index (χ2v) is 13.6. The summed E-state index contributed by atoms with van der Waals surface area (Å²) >= 11 is 5.34. The molecule has 2 heterocycles. The molecular formula is C28H27ClN2O6S3. The molecule has 8 nitrogen and oxygen atoms in total. The van der Waals surface area contributed by atoms with E-state index in [1.807, 2.05) is 66.1 Å². The van der Waals surface area contributed by atoms with Crippen LogP contribution in [0.1, 0.15) is 32.6 Å². The molecule has 0 bridgehead atoms. The fraction of sp³-hybridized carbons (Fsp3) is 0.250. The number of thioether (sulfide) groups is 1. The maximum atomic E-state index is 12.0. The van der Waals surface area contributed by atoms with Gasteiger partial charge in [0.05, 0.1) is 33.3 Å². The van der Waals surface area contributed by atoms with Crippen molar-refractivity contribution < 1.29 is 30.7 Å². The fourth-order valence-corrected chi connectivity index (χ4v) is 7.09. The molecule has 3 aromatic carbocycles. The molecule has 1 aliphatic heterocycles. The van der Waals surface area contributed by atoms with Gasteiger partial charge in [0.25, 0.3) is 15.6 Å². The van der Waals surface area contributed by atoms with Crippen molar-refractivity contribution in [2.45, 2.75) is 43.5 Å². The Balaban J connectivity index is 1.62. The number of aromatic nitrogens is 1. The third-order valence-electron chi connectivity index (χ3n) is 6.70. The summed E-state index contributed by atoms with van der Waals surface area (Å²) in [5, 5.41) is 2.41. The van der Waals surface area contributed by atoms with Crippen LogP contribution in [0.25, 0.3) is 27.9 Å². The number of oxazole rings is 1. The Kier molecular flexibility index (Phi) is 8.42. The Morgan fingerprint density at radius 2 is 2.02 bits per heavy atom. The molecule has 1 aromatic heterocycles. The summed E-state index contributed by atoms with van der Waals surface area (Å²) in [5.74, 6) is 0.146. The van der Waals surface area contributed by atoms with Gasteiger partial charge in [0.1, 0.15) is 0 Å². The number of rotatable bonds is 9. The van der Waals surface area contributed by atoms with E-state index in [1.165, 1.54) is 11.8 Å². The average molecular weight is 619 g/mol. The van der Waals surface area contributed by atoms with Crippen LogP contribution in [0.15, 0.2) is 80.6 Å². The molecule has 1 N–H and O–H groups in total. The third-order valence-corrected chi connectivity index (χ3v) is 9.60. The lowest BCUT2D eigenvalue weighted by atomic mass is 10.1. The number of hydrogen-bond acceptors (Lipinski definition) is 7. The highest BCUT2D eigenvalue weighted by atomic mass is 35.5. The van der Waals surface area contributed by atoms with E-state index in [0.717, 1.165) is 37.5 Å². The Morgan fingerprint density at radius 3 is 2.75 bits per heavy atom. The van der Waals surface area contributed by atoms with Crippen molar-refractivity contribution in [2.75, 3.05) is 10.7 Å². The molecule has 0 saturated carbocycles. The second-order valence-electron chi connectivity index (χ2n) is 9.36. The standard InChI is InChI=1S/C28H27ClN2O6S3/c1-3-19(16-27-31(18(2)39(32)33)23-17-21(29)10-12-25(23)38-27)15-26-30(13-6-14-40(34,35)36)28-22-8-5-4-7-20(22)9-11-24(28)37-26/h4-5,7-12,15-18H,3,6,13-14H2,1-2H3,(H-,32,33,34,35,36). The van der Waals surface area contributed by atoms with Gasteiger partial charge in [-0.15, -0.1) is 0 Å². The quantitative estimate of drug-likeness (QED) is 0.132. The van der Waals surface area contributed by atoms with E-state index in [9.17, 15) is 21.7 Å². The lowest BCUT2D eigenvalue weighted by molar-refractivity contribution is -0.677. The van der Waals surface area contributed by atoms with Crippen molar-refractivity contribution in [2.24, 2.45) is 0 Å². The second kappa shape index (κ2) is 11.7. The van der Waals surface area contributed by atoms with Gasteiger partial charge < -0.3 is 13.9 Å². The highest BCUT2D eigenvalue weighted by Gasteiger charge is 2.30. The van der Waals surface area contributed by atoms with Gasteiger partial charge in [0.2, 0.25) is 5.58 Å². The lowest BCUT2D eigenvalue weighted by Crippen LogP contribution is -2.36. The molecule has 5 rings (SSSR count). The molecule has 2 atom stereocenters. The molecule has 2 unspecified atom stereocenters. The molecule has 0 radical (unpaired) electrons. The summed E-state index contributed by atoms with van der Waals surface area (Å²) in [6, 6.07) is 17.1. The minimum Gasteiger partial charge on any atom is -0.771 e. The summed E-state index contributed by atoms with van der Waals surface area (Å²) in [7, 11) is -4.12. The van der Waals surface area contributed by atoms with Crippen LogP contribution in [-0.4, -0.2) is 32.9 Å². The van der Waals surface area contributed by atoms with E-state index in [1.54, 1.807) is 24.0 Å². The van der Waals surface area contributed by atoms with Crippen molar-refractivity contribution in [3.05, 3.63) is 82.2 Å². The number of benzene rings is 3. The Hall–Kier alpha value is -2.67. The third kappa shape index (κ3) is 6.00. The molecule has 4 aromatic rings. The molecule has 0 aliphatic carbocycles. The van der Waals surface area contributed by atoms with Gasteiger partial charge in [-0.1, -0.05) is 54.6 Å². The van der Waals surface area contributed by atoms with E-state index < -0.39 is 26.6 Å². The molecule has 0 spiro atoms. The monoisotopic (exact) mass is 618 g/mol. The van der Waals surface area contributed by atoms with E-state index in [4.69, 9.17) is 16.0 Å². The molecule has 0 fully saturated rings. The number of halogens is 1. The Labute approximate surface area is 244 Å². The predicted molar refractivity (Wildman–Crippen MR) is 159 cm³/mol. The average Bonchev–Trinajstić information content (AvgIpc) is 3.44. The van der Waals surface area contributed by atoms with Gasteiger partial charge in [-0.25, -0.2) is 0 Å². The van der Waals surface area contributed by atoms with Crippen LogP contribution in [0.4, 0.5) is 5.69 Å². The summed E-state index contributed by atoms with van der Waals surface area (Å²) in [5.41, 5.74) is 3.08. The fourth-order valence-electron chi connectivity index (χ4n) is 4.78. The summed E-state index contributed by atoms with van der Waals surface area (Å²) < 4.78 is 64.4. The van der Waals surface area contributed by atoms with Gasteiger partial charge >= 0.3 is 5.89 Å². The molecule has 1 aliphatic rings. The van der Waals surface area contributed by atoms with Crippen molar-refractivity contribution >= 4 is 78.2 Å². The van der Waals surface area contributed by atoms with Crippen LogP contribution in [-0.2, 0) is 27.7 Å². The maximum Gasteiger partial charge on any atom is 0.374 e. The van der Waals surface area contributed by atoms with Crippen molar-refractivity contribution in [1.82, 2.24) is 0 Å². The molecule has 210 valence electrons. The number of anilines is 1. The molecular weight excluding hydrogens is 592 g/mol. The first-order chi connectivity index (χ1) is 19.1. The first-order valence-corrected chi connectivity index (χ1v) is 16.6. The van der Waals surface area contributed by atoms with Gasteiger partial charge in [-0.2, -0.15) is 13.0 Å². The molecule has 0 amide bonds. The van der Waals surface area contributed by atoms with Crippen LogP contribution in [0.2, 0.25) is 5.02 Å². The molecule has 12 heteroatoms. The zero-order valence-corrected chi connectivity index (χ0v) is 24.9. The smallest absolute Gasteiger partial charge is 0.374 e. The number of aryl methyl sites for hydroxylation is 1. The van der Waals surface area contributed by atoms with Crippen LogP contribution in [0, 0.1) is 0 Å². The SMILES string of the molecule is CCC(/C=C1\Sc2ccc(Cl)cc2N1C(C)S(=O)[O-])=C\c1oc2ccc3ccccc3c2[n+]1CCCS(=O)(=O)O. The van der Waals surface area contributed by atoms with E-state index in [0.29, 0.717) is 29.5 Å². The van der Waals surface area contributed by atoms with Crippen molar-refractivity contribution in [1.29, 1.82) is 0 Å². The number of hydrogen-bond donors (Lipinski definition) is 1. The zero-order valence-electron chi connectivity index (χ0n) is 21.7. The van der Waals surface area contributed by atoms with Crippen molar-refractivity contribution in [3.63, 3.8) is 0 Å². The van der Waals surface area contributed by atoms with Gasteiger partial charge in [-0.05, 0) is 71.8 Å². The Morgan fingerprint density at radius 1 is 1.25 bits per heavy atom. The van der Waals surface area contributed by atoms with Crippen LogP contribution in [0.5, 0.6) is 0 Å². The van der Waals surface area contributed by atoms with Gasteiger partial charge in [0, 0.05) is 16.3 Å². The first kappa shape index (κ1) is 28.8. The van der Waals surface area contributed by atoms with Gasteiger partial charge in [-0.3, -0.25) is 8.76 Å². The van der Waals surface area contributed by atoms with Crippen LogP contribution in [0.3, 0.4) is 0 Å². The number of allylic oxidation sites excluding steroid dienone is 2. The van der Waals surface area contributed by atoms with Crippen molar-refractivity contribution in [3.8, 4) is 0 Å². The minimum atomic E-state index is -4.12. The lowest BCUT2D eigenvalue weighted by Gasteiger charge is -2.29. The largest absolute Gasteiger partial charge is 0.771 e.